The third-order valence-corrected chi connectivity index (χ3v) is 4.84. The van der Waals surface area contributed by atoms with E-state index in [0.29, 0.717) is 0 Å². The van der Waals surface area contributed by atoms with Crippen LogP contribution in [0.15, 0.2) is 48.5 Å². The van der Waals surface area contributed by atoms with Gasteiger partial charge in [-0.1, -0.05) is 43.3 Å². The molecule has 0 unspecified atom stereocenters. The van der Waals surface area contributed by atoms with E-state index in [-0.39, 0.29) is 18.0 Å². The lowest BCUT2D eigenvalue weighted by atomic mass is 9.87. The Hall–Kier alpha value is -2.13. The van der Waals surface area contributed by atoms with Crippen LogP contribution < -0.4 is 10.6 Å². The number of fused-ring (bicyclic) bond motifs is 1. The number of hydrogen-bond acceptors (Lipinski definition) is 2. The largest absolute Gasteiger partial charge is 0.325 e. The molecule has 2 aromatic carbocycles. The molecule has 0 bridgehead atoms. The highest BCUT2D eigenvalue weighted by atomic mass is 16.2. The van der Waals surface area contributed by atoms with E-state index in [1.54, 1.807) is 0 Å². The van der Waals surface area contributed by atoms with Crippen LogP contribution in [0.1, 0.15) is 49.4 Å². The van der Waals surface area contributed by atoms with Crippen molar-refractivity contribution in [3.05, 3.63) is 65.2 Å². The summed E-state index contributed by atoms with van der Waals surface area (Å²) in [6.45, 7) is 4.06. The SMILES string of the molecule is CCc1ccc(NC(=O)[C@H](C)N[C@@H]2CCCc3ccccc32)cc1. The second-order valence-electron chi connectivity index (χ2n) is 6.57. The Labute approximate surface area is 144 Å². The molecule has 2 aromatic rings. The van der Waals surface area contributed by atoms with Gasteiger partial charge in [-0.2, -0.15) is 0 Å². The molecule has 0 saturated carbocycles. The van der Waals surface area contributed by atoms with E-state index in [2.05, 4.69) is 54.0 Å². The fraction of sp³-hybridized carbons (Fsp3) is 0.381. The molecule has 1 aliphatic carbocycles. The molecule has 0 spiro atoms. The number of anilines is 1. The van der Waals surface area contributed by atoms with Crippen LogP contribution in [0, 0.1) is 0 Å². The number of rotatable bonds is 5. The highest BCUT2D eigenvalue weighted by Crippen LogP contribution is 2.29. The van der Waals surface area contributed by atoms with E-state index in [1.807, 2.05) is 19.1 Å². The highest BCUT2D eigenvalue weighted by Gasteiger charge is 2.23. The van der Waals surface area contributed by atoms with Gasteiger partial charge < -0.3 is 5.32 Å². The fourth-order valence-electron chi connectivity index (χ4n) is 3.38. The van der Waals surface area contributed by atoms with Crippen molar-refractivity contribution < 1.29 is 4.79 Å². The Morgan fingerprint density at radius 3 is 2.67 bits per heavy atom. The first-order valence-electron chi connectivity index (χ1n) is 8.91. The summed E-state index contributed by atoms with van der Waals surface area (Å²) in [7, 11) is 0. The van der Waals surface area contributed by atoms with Crippen LogP contribution in [0.2, 0.25) is 0 Å². The summed E-state index contributed by atoms with van der Waals surface area (Å²) >= 11 is 0. The van der Waals surface area contributed by atoms with E-state index in [0.717, 1.165) is 24.9 Å². The Morgan fingerprint density at radius 1 is 1.17 bits per heavy atom. The normalized spacial score (nSPS) is 17.8. The van der Waals surface area contributed by atoms with E-state index in [4.69, 9.17) is 0 Å². The molecule has 1 aliphatic rings. The van der Waals surface area contributed by atoms with Crippen molar-refractivity contribution in [2.24, 2.45) is 0 Å². The van der Waals surface area contributed by atoms with Crippen LogP contribution in [0.4, 0.5) is 5.69 Å². The third kappa shape index (κ3) is 3.85. The van der Waals surface area contributed by atoms with Gasteiger partial charge in [0.2, 0.25) is 5.91 Å². The zero-order valence-corrected chi connectivity index (χ0v) is 14.5. The Balaban J connectivity index is 1.62. The molecule has 3 nitrogen and oxygen atoms in total. The van der Waals surface area contributed by atoms with Gasteiger partial charge in [-0.3, -0.25) is 10.1 Å². The molecule has 24 heavy (non-hydrogen) atoms. The van der Waals surface area contributed by atoms with Gasteiger partial charge in [0.15, 0.2) is 0 Å². The van der Waals surface area contributed by atoms with Gasteiger partial charge in [-0.25, -0.2) is 0 Å². The Bertz CT molecular complexity index is 693. The number of hydrogen-bond donors (Lipinski definition) is 2. The summed E-state index contributed by atoms with van der Waals surface area (Å²) in [5.41, 5.74) is 4.88. The van der Waals surface area contributed by atoms with Gasteiger partial charge in [-0.15, -0.1) is 0 Å². The van der Waals surface area contributed by atoms with Crippen LogP contribution in [0.5, 0.6) is 0 Å². The predicted octanol–water partition coefficient (Wildman–Crippen LogP) is 4.24. The highest BCUT2D eigenvalue weighted by molar-refractivity contribution is 5.94. The number of benzene rings is 2. The quantitative estimate of drug-likeness (QED) is 0.864. The standard InChI is InChI=1S/C21H26N2O/c1-3-16-11-13-18(14-12-16)23-21(24)15(2)22-20-10-6-8-17-7-4-5-9-19(17)20/h4-5,7,9,11-15,20,22H,3,6,8,10H2,1-2H3,(H,23,24)/t15-,20+/m0/s1. The number of amides is 1. The molecule has 0 aromatic heterocycles. The summed E-state index contributed by atoms with van der Waals surface area (Å²) in [6.07, 6.45) is 4.40. The minimum Gasteiger partial charge on any atom is -0.325 e. The molecule has 2 N–H and O–H groups in total. The number of aryl methyl sites for hydroxylation is 2. The molecule has 0 heterocycles. The third-order valence-electron chi connectivity index (χ3n) is 4.84. The molecule has 3 heteroatoms. The number of nitrogens with one attached hydrogen (secondary N) is 2. The van der Waals surface area contributed by atoms with Crippen molar-refractivity contribution in [1.29, 1.82) is 0 Å². The lowest BCUT2D eigenvalue weighted by Gasteiger charge is -2.29. The van der Waals surface area contributed by atoms with E-state index >= 15 is 0 Å². The molecule has 126 valence electrons. The average Bonchev–Trinajstić information content (AvgIpc) is 2.62. The Kier molecular flexibility index (Phi) is 5.31. The number of carbonyl (C=O) groups is 1. The van der Waals surface area contributed by atoms with E-state index in [1.165, 1.54) is 23.1 Å². The molecule has 2 atom stereocenters. The van der Waals surface area contributed by atoms with Crippen LogP contribution in [0.25, 0.3) is 0 Å². The van der Waals surface area contributed by atoms with Crippen LogP contribution in [-0.2, 0) is 17.6 Å². The van der Waals surface area contributed by atoms with E-state index < -0.39 is 0 Å². The summed E-state index contributed by atoms with van der Waals surface area (Å²) in [4.78, 5) is 12.5. The van der Waals surface area contributed by atoms with Crippen molar-refractivity contribution in [2.45, 2.75) is 51.6 Å². The van der Waals surface area contributed by atoms with Crippen molar-refractivity contribution in [1.82, 2.24) is 5.32 Å². The molecule has 1 amide bonds. The Morgan fingerprint density at radius 2 is 1.92 bits per heavy atom. The average molecular weight is 322 g/mol. The lowest BCUT2D eigenvalue weighted by molar-refractivity contribution is -0.118. The first-order valence-corrected chi connectivity index (χ1v) is 8.91. The van der Waals surface area contributed by atoms with Crippen LogP contribution in [-0.4, -0.2) is 11.9 Å². The first-order chi connectivity index (χ1) is 11.7. The molecule has 0 saturated heterocycles. The van der Waals surface area contributed by atoms with Gasteiger partial charge in [0.05, 0.1) is 6.04 Å². The van der Waals surface area contributed by atoms with Crippen molar-refractivity contribution in [3.63, 3.8) is 0 Å². The molecule has 3 rings (SSSR count). The number of carbonyl (C=O) groups excluding carboxylic acids is 1. The summed E-state index contributed by atoms with van der Waals surface area (Å²) in [5.74, 6) is 0.0160. The van der Waals surface area contributed by atoms with Gasteiger partial charge in [0.25, 0.3) is 0 Å². The predicted molar refractivity (Wildman–Crippen MR) is 99.2 cm³/mol. The lowest BCUT2D eigenvalue weighted by Crippen LogP contribution is -2.41. The van der Waals surface area contributed by atoms with Crippen LogP contribution in [0.3, 0.4) is 0 Å². The summed E-state index contributed by atoms with van der Waals surface area (Å²) in [6, 6.07) is 16.7. The van der Waals surface area contributed by atoms with Gasteiger partial charge in [-0.05, 0) is 61.4 Å². The maximum Gasteiger partial charge on any atom is 0.241 e. The smallest absolute Gasteiger partial charge is 0.241 e. The molecular formula is C21H26N2O. The molecule has 0 fully saturated rings. The fourth-order valence-corrected chi connectivity index (χ4v) is 3.38. The molecule has 0 radical (unpaired) electrons. The van der Waals surface area contributed by atoms with Gasteiger partial charge in [0, 0.05) is 11.7 Å². The van der Waals surface area contributed by atoms with Crippen molar-refractivity contribution in [3.8, 4) is 0 Å². The maximum absolute atomic E-state index is 12.5. The summed E-state index contributed by atoms with van der Waals surface area (Å²) < 4.78 is 0. The van der Waals surface area contributed by atoms with Crippen LogP contribution >= 0.6 is 0 Å². The zero-order valence-electron chi connectivity index (χ0n) is 14.5. The van der Waals surface area contributed by atoms with E-state index in [9.17, 15) is 4.79 Å². The van der Waals surface area contributed by atoms with Gasteiger partial charge >= 0.3 is 0 Å². The second kappa shape index (κ2) is 7.63. The monoisotopic (exact) mass is 322 g/mol. The molecule has 0 aliphatic heterocycles. The topological polar surface area (TPSA) is 41.1 Å². The van der Waals surface area contributed by atoms with Gasteiger partial charge in [0.1, 0.15) is 0 Å². The van der Waals surface area contributed by atoms with Crippen molar-refractivity contribution in [2.75, 3.05) is 5.32 Å². The minimum absolute atomic E-state index is 0.0160. The second-order valence-corrected chi connectivity index (χ2v) is 6.57. The first kappa shape index (κ1) is 16.7. The van der Waals surface area contributed by atoms with Crippen molar-refractivity contribution >= 4 is 11.6 Å². The summed E-state index contributed by atoms with van der Waals surface area (Å²) in [5, 5.41) is 6.51. The zero-order chi connectivity index (χ0) is 16.9. The maximum atomic E-state index is 12.5. The molecular weight excluding hydrogens is 296 g/mol. The minimum atomic E-state index is -0.230.